The van der Waals surface area contributed by atoms with Crippen molar-refractivity contribution in [1.82, 2.24) is 10.2 Å². The molecule has 1 heterocycles. The third-order valence-electron chi connectivity index (χ3n) is 2.54. The van der Waals surface area contributed by atoms with Crippen LogP contribution in [-0.2, 0) is 9.53 Å². The standard InChI is InChI=1S/C13H15N3O3S2/c1-8(11(17)19-3)20-13-16-15-12(21-13)14-9-5-4-6-10(7-9)18-2/h4-8H,1-3H3,(H,14,15). The average Bonchev–Trinajstić information content (AvgIpc) is 2.93. The van der Waals surface area contributed by atoms with Gasteiger partial charge in [0.05, 0.1) is 14.2 Å². The first-order chi connectivity index (χ1) is 10.1. The topological polar surface area (TPSA) is 73.3 Å². The molecule has 0 aliphatic rings. The summed E-state index contributed by atoms with van der Waals surface area (Å²) in [6, 6.07) is 7.53. The van der Waals surface area contributed by atoms with E-state index in [9.17, 15) is 4.79 Å². The molecule has 0 saturated carbocycles. The van der Waals surface area contributed by atoms with Crippen LogP contribution in [0.1, 0.15) is 6.92 Å². The average molecular weight is 325 g/mol. The van der Waals surface area contributed by atoms with E-state index >= 15 is 0 Å². The Kier molecular flexibility index (Phi) is 5.40. The lowest BCUT2D eigenvalue weighted by Crippen LogP contribution is -2.14. The summed E-state index contributed by atoms with van der Waals surface area (Å²) in [5.41, 5.74) is 0.864. The van der Waals surface area contributed by atoms with E-state index < -0.39 is 0 Å². The van der Waals surface area contributed by atoms with Crippen molar-refractivity contribution < 1.29 is 14.3 Å². The number of carbonyl (C=O) groups is 1. The largest absolute Gasteiger partial charge is 0.497 e. The Labute approximate surface area is 130 Å². The number of nitrogens with one attached hydrogen (secondary N) is 1. The second-order valence-corrected chi connectivity index (χ2v) is 6.58. The van der Waals surface area contributed by atoms with Crippen molar-refractivity contribution in [2.75, 3.05) is 19.5 Å². The molecule has 1 atom stereocenters. The van der Waals surface area contributed by atoms with Gasteiger partial charge in [0.1, 0.15) is 11.0 Å². The molecule has 0 aliphatic carbocycles. The second kappa shape index (κ2) is 7.28. The number of methoxy groups -OCH3 is 2. The van der Waals surface area contributed by atoms with Crippen LogP contribution >= 0.6 is 23.1 Å². The fourth-order valence-electron chi connectivity index (χ4n) is 1.50. The lowest BCUT2D eigenvalue weighted by Gasteiger charge is -2.05. The van der Waals surface area contributed by atoms with Crippen molar-refractivity contribution in [3.05, 3.63) is 24.3 Å². The molecular formula is C13H15N3O3S2. The quantitative estimate of drug-likeness (QED) is 0.646. The van der Waals surface area contributed by atoms with Gasteiger partial charge in [-0.25, -0.2) is 0 Å². The summed E-state index contributed by atoms with van der Waals surface area (Å²) < 4.78 is 10.5. The number of aromatic nitrogens is 2. The van der Waals surface area contributed by atoms with E-state index in [2.05, 4.69) is 20.3 Å². The number of anilines is 2. The van der Waals surface area contributed by atoms with Gasteiger partial charge in [0.25, 0.3) is 0 Å². The Balaban J connectivity index is 2.01. The predicted octanol–water partition coefficient (Wildman–Crippen LogP) is 2.94. The minimum Gasteiger partial charge on any atom is -0.497 e. The van der Waals surface area contributed by atoms with Gasteiger partial charge in [-0.2, -0.15) is 0 Å². The number of rotatable bonds is 6. The van der Waals surface area contributed by atoms with Crippen molar-refractivity contribution in [1.29, 1.82) is 0 Å². The molecule has 0 amide bonds. The molecule has 0 saturated heterocycles. The zero-order chi connectivity index (χ0) is 15.2. The Hall–Kier alpha value is -1.80. The van der Waals surface area contributed by atoms with Crippen molar-refractivity contribution in [2.24, 2.45) is 0 Å². The van der Waals surface area contributed by atoms with E-state index in [0.717, 1.165) is 11.4 Å². The third-order valence-corrected chi connectivity index (χ3v) is 4.54. The molecule has 112 valence electrons. The SMILES string of the molecule is COC(=O)C(C)Sc1nnc(Nc2cccc(OC)c2)s1. The van der Waals surface area contributed by atoms with E-state index in [0.29, 0.717) is 9.47 Å². The number of thioether (sulfide) groups is 1. The molecule has 21 heavy (non-hydrogen) atoms. The van der Waals surface area contributed by atoms with Gasteiger partial charge in [-0.05, 0) is 19.1 Å². The molecule has 1 aromatic carbocycles. The smallest absolute Gasteiger partial charge is 0.318 e. The minimum atomic E-state index is -0.312. The van der Waals surface area contributed by atoms with Gasteiger partial charge < -0.3 is 14.8 Å². The van der Waals surface area contributed by atoms with Crippen LogP contribution in [0, 0.1) is 0 Å². The summed E-state index contributed by atoms with van der Waals surface area (Å²) in [6.45, 7) is 1.77. The third kappa shape index (κ3) is 4.33. The number of benzene rings is 1. The maximum Gasteiger partial charge on any atom is 0.318 e. The van der Waals surface area contributed by atoms with Gasteiger partial charge in [-0.3, -0.25) is 4.79 Å². The van der Waals surface area contributed by atoms with Gasteiger partial charge in [-0.15, -0.1) is 10.2 Å². The van der Waals surface area contributed by atoms with Crippen molar-refractivity contribution in [3.63, 3.8) is 0 Å². The lowest BCUT2D eigenvalue weighted by molar-refractivity contribution is -0.139. The number of carbonyl (C=O) groups excluding carboxylic acids is 1. The van der Waals surface area contributed by atoms with Gasteiger partial charge in [0.15, 0.2) is 4.34 Å². The highest BCUT2D eigenvalue weighted by Gasteiger charge is 2.17. The van der Waals surface area contributed by atoms with Crippen LogP contribution in [0.5, 0.6) is 5.75 Å². The van der Waals surface area contributed by atoms with Crippen LogP contribution in [0.3, 0.4) is 0 Å². The van der Waals surface area contributed by atoms with Crippen LogP contribution in [0.15, 0.2) is 28.6 Å². The molecule has 0 bridgehead atoms. The second-order valence-electron chi connectivity index (χ2n) is 4.01. The van der Waals surface area contributed by atoms with Crippen molar-refractivity contribution in [3.8, 4) is 5.75 Å². The Morgan fingerprint density at radius 1 is 1.38 bits per heavy atom. The molecule has 0 spiro atoms. The highest BCUT2D eigenvalue weighted by molar-refractivity contribution is 8.02. The summed E-state index contributed by atoms with van der Waals surface area (Å²) >= 11 is 2.70. The summed E-state index contributed by atoms with van der Waals surface area (Å²) in [5, 5.41) is 11.6. The molecule has 0 aliphatic heterocycles. The van der Waals surface area contributed by atoms with Crippen LogP contribution in [0.2, 0.25) is 0 Å². The Morgan fingerprint density at radius 2 is 2.19 bits per heavy atom. The zero-order valence-corrected chi connectivity index (χ0v) is 13.5. The van der Waals surface area contributed by atoms with E-state index in [1.807, 2.05) is 24.3 Å². The summed E-state index contributed by atoms with van der Waals surface area (Å²) in [7, 11) is 2.99. The number of hydrogen-bond acceptors (Lipinski definition) is 8. The highest BCUT2D eigenvalue weighted by Crippen LogP contribution is 2.31. The van der Waals surface area contributed by atoms with E-state index in [4.69, 9.17) is 4.74 Å². The monoisotopic (exact) mass is 325 g/mol. The van der Waals surface area contributed by atoms with E-state index in [1.165, 1.54) is 30.2 Å². The van der Waals surface area contributed by atoms with Crippen LogP contribution < -0.4 is 10.1 Å². The van der Waals surface area contributed by atoms with E-state index in [1.54, 1.807) is 14.0 Å². The Bertz CT molecular complexity index is 618. The summed E-state index contributed by atoms with van der Waals surface area (Å²) in [5.74, 6) is 0.482. The van der Waals surface area contributed by atoms with Gasteiger partial charge in [-0.1, -0.05) is 29.2 Å². The fraction of sp³-hybridized carbons (Fsp3) is 0.308. The first kappa shape index (κ1) is 15.6. The Morgan fingerprint density at radius 3 is 2.90 bits per heavy atom. The fourth-order valence-corrected chi connectivity index (χ4v) is 3.44. The van der Waals surface area contributed by atoms with Gasteiger partial charge in [0.2, 0.25) is 5.13 Å². The van der Waals surface area contributed by atoms with Crippen molar-refractivity contribution >= 4 is 39.9 Å². The first-order valence-corrected chi connectivity index (χ1v) is 7.81. The molecule has 8 heteroatoms. The number of nitrogens with zero attached hydrogens (tertiary/aromatic N) is 2. The number of hydrogen-bond donors (Lipinski definition) is 1. The minimum absolute atomic E-state index is 0.280. The molecule has 1 N–H and O–H groups in total. The maximum atomic E-state index is 11.4. The van der Waals surface area contributed by atoms with Crippen LogP contribution in [0.4, 0.5) is 10.8 Å². The predicted molar refractivity (Wildman–Crippen MR) is 83.5 cm³/mol. The number of esters is 1. The first-order valence-electron chi connectivity index (χ1n) is 6.11. The van der Waals surface area contributed by atoms with E-state index in [-0.39, 0.29) is 11.2 Å². The zero-order valence-electron chi connectivity index (χ0n) is 11.8. The summed E-state index contributed by atoms with van der Waals surface area (Å²) in [6.07, 6.45) is 0. The molecule has 0 fully saturated rings. The molecule has 0 radical (unpaired) electrons. The molecule has 1 aromatic heterocycles. The molecule has 2 aromatic rings. The molecule has 6 nitrogen and oxygen atoms in total. The molecule has 1 unspecified atom stereocenters. The lowest BCUT2D eigenvalue weighted by atomic mass is 10.3. The van der Waals surface area contributed by atoms with Gasteiger partial charge >= 0.3 is 5.97 Å². The van der Waals surface area contributed by atoms with Crippen LogP contribution in [0.25, 0.3) is 0 Å². The molecular weight excluding hydrogens is 310 g/mol. The number of ether oxygens (including phenoxy) is 2. The maximum absolute atomic E-state index is 11.4. The normalized spacial score (nSPS) is 11.8. The van der Waals surface area contributed by atoms with Crippen LogP contribution in [-0.4, -0.2) is 35.6 Å². The molecule has 2 rings (SSSR count). The summed E-state index contributed by atoms with van der Waals surface area (Å²) in [4.78, 5) is 11.4. The van der Waals surface area contributed by atoms with Gasteiger partial charge in [0, 0.05) is 11.8 Å². The van der Waals surface area contributed by atoms with Crippen molar-refractivity contribution in [2.45, 2.75) is 16.5 Å². The highest BCUT2D eigenvalue weighted by atomic mass is 32.2.